The van der Waals surface area contributed by atoms with Gasteiger partial charge in [0.15, 0.2) is 0 Å². The van der Waals surface area contributed by atoms with Crippen molar-refractivity contribution in [1.82, 2.24) is 5.32 Å². The SMILES string of the molecule is O=C(O)C1CCC(NC(=O)C2CC2c2ccc(Cl)cc2)C1. The summed E-state index contributed by atoms with van der Waals surface area (Å²) in [6.45, 7) is 0. The van der Waals surface area contributed by atoms with Crippen LogP contribution in [0.1, 0.15) is 37.2 Å². The zero-order valence-corrected chi connectivity index (χ0v) is 12.3. The van der Waals surface area contributed by atoms with E-state index in [0.29, 0.717) is 17.9 Å². The normalized spacial score (nSPS) is 30.9. The number of nitrogens with one attached hydrogen (secondary N) is 1. The summed E-state index contributed by atoms with van der Waals surface area (Å²) in [6, 6.07) is 7.65. The summed E-state index contributed by atoms with van der Waals surface area (Å²) < 4.78 is 0. The van der Waals surface area contributed by atoms with Gasteiger partial charge < -0.3 is 10.4 Å². The van der Waals surface area contributed by atoms with Crippen molar-refractivity contribution in [3.8, 4) is 0 Å². The number of carboxylic acid groups (broad SMARTS) is 1. The summed E-state index contributed by atoms with van der Waals surface area (Å²) in [6.07, 6.45) is 2.84. The Bertz CT molecular complexity index is 557. The van der Waals surface area contributed by atoms with Gasteiger partial charge in [0, 0.05) is 17.0 Å². The van der Waals surface area contributed by atoms with Crippen molar-refractivity contribution in [1.29, 1.82) is 0 Å². The molecular formula is C16H18ClNO3. The Morgan fingerprint density at radius 1 is 1.14 bits per heavy atom. The maximum Gasteiger partial charge on any atom is 0.306 e. The molecule has 2 fully saturated rings. The summed E-state index contributed by atoms with van der Waals surface area (Å²) in [4.78, 5) is 23.1. The molecule has 2 aliphatic carbocycles. The molecule has 2 aliphatic rings. The average Bonchev–Trinajstić information content (AvgIpc) is 3.11. The number of carbonyl (C=O) groups excluding carboxylic acids is 1. The first-order chi connectivity index (χ1) is 10.0. The highest BCUT2D eigenvalue weighted by molar-refractivity contribution is 6.30. The summed E-state index contributed by atoms with van der Waals surface area (Å²) in [7, 11) is 0. The largest absolute Gasteiger partial charge is 0.481 e. The molecule has 3 rings (SSSR count). The fourth-order valence-electron chi connectivity index (χ4n) is 3.21. The van der Waals surface area contributed by atoms with E-state index in [4.69, 9.17) is 16.7 Å². The van der Waals surface area contributed by atoms with Crippen LogP contribution in [0.4, 0.5) is 0 Å². The van der Waals surface area contributed by atoms with Crippen molar-refractivity contribution < 1.29 is 14.7 Å². The summed E-state index contributed by atoms with van der Waals surface area (Å²) >= 11 is 5.86. The van der Waals surface area contributed by atoms with Gasteiger partial charge in [-0.1, -0.05) is 23.7 Å². The molecule has 0 heterocycles. The molecule has 21 heavy (non-hydrogen) atoms. The Hall–Kier alpha value is -1.55. The molecule has 0 bridgehead atoms. The van der Waals surface area contributed by atoms with Crippen molar-refractivity contribution in [2.24, 2.45) is 11.8 Å². The minimum atomic E-state index is -0.753. The van der Waals surface area contributed by atoms with E-state index in [-0.39, 0.29) is 29.7 Å². The predicted molar refractivity (Wildman–Crippen MR) is 79.2 cm³/mol. The maximum absolute atomic E-state index is 12.2. The highest BCUT2D eigenvalue weighted by atomic mass is 35.5. The zero-order valence-electron chi connectivity index (χ0n) is 11.6. The Kier molecular flexibility index (Phi) is 3.89. The van der Waals surface area contributed by atoms with Crippen molar-refractivity contribution >= 4 is 23.5 Å². The third-order valence-corrected chi connectivity index (χ3v) is 4.81. The number of carboxylic acids is 1. The van der Waals surface area contributed by atoms with Crippen LogP contribution in [0.15, 0.2) is 24.3 Å². The third-order valence-electron chi connectivity index (χ3n) is 4.55. The highest BCUT2D eigenvalue weighted by Gasteiger charge is 2.44. The van der Waals surface area contributed by atoms with Gasteiger partial charge in [0.05, 0.1) is 5.92 Å². The maximum atomic E-state index is 12.2. The van der Waals surface area contributed by atoms with Gasteiger partial charge in [0.25, 0.3) is 0 Å². The Balaban J connectivity index is 1.52. The van der Waals surface area contributed by atoms with Crippen LogP contribution in [0.25, 0.3) is 0 Å². The average molecular weight is 308 g/mol. The minimum Gasteiger partial charge on any atom is -0.481 e. The van der Waals surface area contributed by atoms with Gasteiger partial charge in [-0.05, 0) is 49.3 Å². The molecule has 1 aromatic rings. The number of rotatable bonds is 4. The number of carbonyl (C=O) groups is 2. The first kappa shape index (κ1) is 14.4. The van der Waals surface area contributed by atoms with Gasteiger partial charge in [-0.15, -0.1) is 0 Å². The van der Waals surface area contributed by atoms with Gasteiger partial charge in [-0.2, -0.15) is 0 Å². The summed E-state index contributed by atoms with van der Waals surface area (Å²) in [5, 5.41) is 12.7. The van der Waals surface area contributed by atoms with Crippen molar-refractivity contribution in [3.05, 3.63) is 34.9 Å². The third kappa shape index (κ3) is 3.21. The van der Waals surface area contributed by atoms with Crippen LogP contribution in [0.3, 0.4) is 0 Å². The number of aliphatic carboxylic acids is 1. The molecule has 112 valence electrons. The Morgan fingerprint density at radius 3 is 2.48 bits per heavy atom. The highest BCUT2D eigenvalue weighted by Crippen LogP contribution is 2.47. The molecule has 4 atom stereocenters. The molecule has 0 aliphatic heterocycles. The molecule has 4 unspecified atom stereocenters. The van der Waals surface area contributed by atoms with Gasteiger partial charge in [0.2, 0.25) is 5.91 Å². The summed E-state index contributed by atoms with van der Waals surface area (Å²) in [5.74, 6) is -0.696. The minimum absolute atomic E-state index is 0.0186. The quantitative estimate of drug-likeness (QED) is 0.899. The van der Waals surface area contributed by atoms with Crippen LogP contribution >= 0.6 is 11.6 Å². The lowest BCUT2D eigenvalue weighted by atomic mass is 10.1. The van der Waals surface area contributed by atoms with Crippen LogP contribution in [-0.2, 0) is 9.59 Å². The molecule has 0 spiro atoms. The van der Waals surface area contributed by atoms with Gasteiger partial charge in [-0.25, -0.2) is 0 Å². The van der Waals surface area contributed by atoms with Gasteiger partial charge in [-0.3, -0.25) is 9.59 Å². The molecule has 2 saturated carbocycles. The Morgan fingerprint density at radius 2 is 1.86 bits per heavy atom. The zero-order chi connectivity index (χ0) is 15.0. The fraction of sp³-hybridized carbons (Fsp3) is 0.500. The smallest absolute Gasteiger partial charge is 0.306 e. The van der Waals surface area contributed by atoms with Crippen molar-refractivity contribution in [2.75, 3.05) is 0 Å². The number of hydrogen-bond donors (Lipinski definition) is 2. The molecule has 2 N–H and O–H groups in total. The number of halogens is 1. The molecule has 4 nitrogen and oxygen atoms in total. The number of benzene rings is 1. The number of amides is 1. The van der Waals surface area contributed by atoms with E-state index < -0.39 is 5.97 Å². The van der Waals surface area contributed by atoms with Crippen LogP contribution in [-0.4, -0.2) is 23.0 Å². The molecule has 0 aromatic heterocycles. The molecular weight excluding hydrogens is 290 g/mol. The molecule has 0 radical (unpaired) electrons. The number of hydrogen-bond acceptors (Lipinski definition) is 2. The second-order valence-corrected chi connectivity index (χ2v) is 6.49. The van der Waals surface area contributed by atoms with E-state index in [1.807, 2.05) is 24.3 Å². The lowest BCUT2D eigenvalue weighted by molar-refractivity contribution is -0.141. The fourth-order valence-corrected chi connectivity index (χ4v) is 3.33. The molecule has 0 saturated heterocycles. The molecule has 1 aromatic carbocycles. The van der Waals surface area contributed by atoms with E-state index in [0.717, 1.165) is 18.4 Å². The standard InChI is InChI=1S/C16H18ClNO3/c17-11-4-1-9(2-5-11)13-8-14(13)15(19)18-12-6-3-10(7-12)16(20)21/h1-2,4-5,10,12-14H,3,6-8H2,(H,18,19)(H,20,21). The second kappa shape index (κ2) is 5.68. The lowest BCUT2D eigenvalue weighted by Gasteiger charge is -2.12. The van der Waals surface area contributed by atoms with E-state index in [1.165, 1.54) is 0 Å². The second-order valence-electron chi connectivity index (χ2n) is 6.05. The van der Waals surface area contributed by atoms with Crippen LogP contribution < -0.4 is 5.32 Å². The monoisotopic (exact) mass is 307 g/mol. The Labute approximate surface area is 128 Å². The van der Waals surface area contributed by atoms with Crippen molar-refractivity contribution in [3.63, 3.8) is 0 Å². The van der Waals surface area contributed by atoms with E-state index in [2.05, 4.69) is 5.32 Å². The first-order valence-electron chi connectivity index (χ1n) is 7.33. The lowest BCUT2D eigenvalue weighted by Crippen LogP contribution is -2.34. The van der Waals surface area contributed by atoms with Gasteiger partial charge >= 0.3 is 5.97 Å². The van der Waals surface area contributed by atoms with Crippen molar-refractivity contribution in [2.45, 2.75) is 37.6 Å². The summed E-state index contributed by atoms with van der Waals surface area (Å²) in [5.41, 5.74) is 1.15. The van der Waals surface area contributed by atoms with E-state index in [9.17, 15) is 9.59 Å². The first-order valence-corrected chi connectivity index (χ1v) is 7.71. The van der Waals surface area contributed by atoms with E-state index >= 15 is 0 Å². The van der Waals surface area contributed by atoms with Crippen LogP contribution in [0.2, 0.25) is 5.02 Å². The van der Waals surface area contributed by atoms with Crippen LogP contribution in [0, 0.1) is 11.8 Å². The topological polar surface area (TPSA) is 66.4 Å². The molecule has 1 amide bonds. The van der Waals surface area contributed by atoms with E-state index in [1.54, 1.807) is 0 Å². The van der Waals surface area contributed by atoms with Gasteiger partial charge in [0.1, 0.15) is 0 Å². The predicted octanol–water partition coefficient (Wildman–Crippen LogP) is 2.81. The molecule has 5 heteroatoms. The van der Waals surface area contributed by atoms with Crippen LogP contribution in [0.5, 0.6) is 0 Å².